The fourth-order valence-electron chi connectivity index (χ4n) is 0.228. The lowest BCUT2D eigenvalue weighted by Gasteiger charge is -2.01. The minimum atomic E-state index is -4.01. The Kier molecular flexibility index (Phi) is 2.71. The molecule has 0 aliphatic heterocycles. The van der Waals surface area contributed by atoms with Gasteiger partial charge in [-0.15, -0.1) is 6.58 Å². The van der Waals surface area contributed by atoms with Crippen LogP contribution in [0.5, 0.6) is 0 Å². The molecule has 0 radical (unpaired) electrons. The molecule has 0 rings (SSSR count). The van der Waals surface area contributed by atoms with E-state index in [1.807, 2.05) is 0 Å². The van der Waals surface area contributed by atoms with Crippen molar-refractivity contribution >= 4 is 10.1 Å². The highest BCUT2D eigenvalue weighted by Crippen LogP contribution is 1.86. The standard InChI is InChI=1S/C4H8O3S/c1-2-3-4-8(5,6)7/h2H,1,3-4H2,(H,5,6,7)/p-1. The number of allylic oxidation sites excluding steroid dienone is 1. The summed E-state index contributed by atoms with van der Waals surface area (Å²) in [5.41, 5.74) is 0. The first-order valence-electron chi connectivity index (χ1n) is 2.11. The second kappa shape index (κ2) is 2.84. The SMILES string of the molecule is C=CCCS(=O)(=O)[O-]. The molecule has 0 spiro atoms. The van der Waals surface area contributed by atoms with Gasteiger partial charge in [0.25, 0.3) is 0 Å². The molecule has 0 atom stereocenters. The summed E-state index contributed by atoms with van der Waals surface area (Å²) in [7, 11) is -4.01. The van der Waals surface area contributed by atoms with Gasteiger partial charge < -0.3 is 4.55 Å². The quantitative estimate of drug-likeness (QED) is 0.407. The van der Waals surface area contributed by atoms with Gasteiger partial charge in [0.05, 0.1) is 10.1 Å². The Balaban J connectivity index is 3.57. The molecule has 0 unspecified atom stereocenters. The van der Waals surface area contributed by atoms with Crippen LogP contribution in [0.4, 0.5) is 0 Å². The smallest absolute Gasteiger partial charge is 0.0948 e. The third-order valence-electron chi connectivity index (χ3n) is 0.572. The van der Waals surface area contributed by atoms with Gasteiger partial charge >= 0.3 is 0 Å². The molecule has 0 bridgehead atoms. The van der Waals surface area contributed by atoms with Crippen LogP contribution in [-0.4, -0.2) is 18.7 Å². The zero-order valence-corrected chi connectivity index (χ0v) is 5.15. The Labute approximate surface area is 48.8 Å². The molecule has 3 nitrogen and oxygen atoms in total. The molecular weight excluding hydrogens is 128 g/mol. The van der Waals surface area contributed by atoms with Crippen molar-refractivity contribution in [1.29, 1.82) is 0 Å². The molecule has 0 fully saturated rings. The molecule has 0 N–H and O–H groups in total. The van der Waals surface area contributed by atoms with E-state index in [2.05, 4.69) is 6.58 Å². The molecule has 4 heteroatoms. The van der Waals surface area contributed by atoms with E-state index in [0.29, 0.717) is 0 Å². The highest BCUT2D eigenvalue weighted by atomic mass is 32.2. The molecule has 8 heavy (non-hydrogen) atoms. The van der Waals surface area contributed by atoms with Crippen LogP contribution in [0.15, 0.2) is 12.7 Å². The van der Waals surface area contributed by atoms with Gasteiger partial charge in [0, 0.05) is 5.75 Å². The van der Waals surface area contributed by atoms with E-state index in [1.54, 1.807) is 0 Å². The van der Waals surface area contributed by atoms with E-state index in [9.17, 15) is 13.0 Å². The summed E-state index contributed by atoms with van der Waals surface area (Å²) < 4.78 is 29.4. The largest absolute Gasteiger partial charge is 0.748 e. The average Bonchev–Trinajstić information content (AvgIpc) is 1.59. The van der Waals surface area contributed by atoms with E-state index in [-0.39, 0.29) is 12.2 Å². The summed E-state index contributed by atoms with van der Waals surface area (Å²) in [6, 6.07) is 0. The van der Waals surface area contributed by atoms with Crippen molar-refractivity contribution in [2.75, 3.05) is 5.75 Å². The molecule has 0 heterocycles. The normalized spacial score (nSPS) is 11.1. The maximum Gasteiger partial charge on any atom is 0.0948 e. The minimum absolute atomic E-state index is 0.242. The Bertz CT molecular complexity index is 156. The predicted octanol–water partition coefficient (Wildman–Crippen LogP) is 0.108. The maximum atomic E-state index is 9.79. The monoisotopic (exact) mass is 135 g/mol. The first-order chi connectivity index (χ1) is 3.56. The van der Waals surface area contributed by atoms with Crippen molar-refractivity contribution < 1.29 is 13.0 Å². The Morgan fingerprint density at radius 3 is 2.25 bits per heavy atom. The van der Waals surface area contributed by atoms with Crippen molar-refractivity contribution in [3.63, 3.8) is 0 Å². The van der Waals surface area contributed by atoms with Gasteiger partial charge in [0.1, 0.15) is 0 Å². The van der Waals surface area contributed by atoms with Gasteiger partial charge in [-0.05, 0) is 6.42 Å². The van der Waals surface area contributed by atoms with Crippen LogP contribution in [0.1, 0.15) is 6.42 Å². The van der Waals surface area contributed by atoms with Crippen LogP contribution < -0.4 is 0 Å². The van der Waals surface area contributed by atoms with Crippen LogP contribution >= 0.6 is 0 Å². The first kappa shape index (κ1) is 7.65. The zero-order chi connectivity index (χ0) is 6.62. The van der Waals surface area contributed by atoms with Crippen molar-refractivity contribution in [3.8, 4) is 0 Å². The lowest BCUT2D eigenvalue weighted by atomic mass is 10.5. The summed E-state index contributed by atoms with van der Waals surface area (Å²) in [6.45, 7) is 3.26. The third-order valence-corrected chi connectivity index (χ3v) is 1.31. The van der Waals surface area contributed by atoms with Crippen LogP contribution in [0.3, 0.4) is 0 Å². The second-order valence-electron chi connectivity index (χ2n) is 1.34. The second-order valence-corrected chi connectivity index (χ2v) is 2.86. The van der Waals surface area contributed by atoms with Gasteiger partial charge in [-0.1, -0.05) is 6.08 Å². The summed E-state index contributed by atoms with van der Waals surface area (Å²) in [5, 5.41) is 0. The molecule has 0 saturated heterocycles. The third kappa shape index (κ3) is 5.65. The van der Waals surface area contributed by atoms with Gasteiger partial charge in [-0.2, -0.15) is 0 Å². The zero-order valence-electron chi connectivity index (χ0n) is 4.33. The molecule has 0 aliphatic carbocycles. The van der Waals surface area contributed by atoms with Crippen LogP contribution in [0.2, 0.25) is 0 Å². The molecule has 0 aromatic rings. The van der Waals surface area contributed by atoms with Gasteiger partial charge in [-0.3, -0.25) is 0 Å². The maximum absolute atomic E-state index is 9.79. The Morgan fingerprint density at radius 2 is 2.12 bits per heavy atom. The molecule has 0 amide bonds. The summed E-state index contributed by atoms with van der Waals surface area (Å²) in [5.74, 6) is -0.337. The number of hydrogen-bond acceptors (Lipinski definition) is 3. The summed E-state index contributed by atoms with van der Waals surface area (Å²) in [4.78, 5) is 0. The topological polar surface area (TPSA) is 57.2 Å². The molecule has 0 saturated carbocycles. The summed E-state index contributed by atoms with van der Waals surface area (Å²) >= 11 is 0. The predicted molar refractivity (Wildman–Crippen MR) is 29.4 cm³/mol. The van der Waals surface area contributed by atoms with Crippen molar-refractivity contribution in [2.24, 2.45) is 0 Å². The Morgan fingerprint density at radius 1 is 1.62 bits per heavy atom. The molecular formula is C4H7O3S-. The molecule has 0 aromatic heterocycles. The van der Waals surface area contributed by atoms with Crippen molar-refractivity contribution in [1.82, 2.24) is 0 Å². The Hall–Kier alpha value is -0.350. The van der Waals surface area contributed by atoms with Crippen molar-refractivity contribution in [3.05, 3.63) is 12.7 Å². The van der Waals surface area contributed by atoms with E-state index in [0.717, 1.165) is 0 Å². The van der Waals surface area contributed by atoms with Gasteiger partial charge in [-0.25, -0.2) is 8.42 Å². The molecule has 48 valence electrons. The molecule has 0 aromatic carbocycles. The van der Waals surface area contributed by atoms with E-state index >= 15 is 0 Å². The van der Waals surface area contributed by atoms with Crippen molar-refractivity contribution in [2.45, 2.75) is 6.42 Å². The highest BCUT2D eigenvalue weighted by molar-refractivity contribution is 7.85. The highest BCUT2D eigenvalue weighted by Gasteiger charge is 1.88. The average molecular weight is 135 g/mol. The lowest BCUT2D eigenvalue weighted by Crippen LogP contribution is -2.02. The van der Waals surface area contributed by atoms with Crippen LogP contribution in [0, 0.1) is 0 Å². The van der Waals surface area contributed by atoms with Crippen LogP contribution in [0.25, 0.3) is 0 Å². The van der Waals surface area contributed by atoms with Gasteiger partial charge in [0.2, 0.25) is 0 Å². The molecule has 0 aliphatic rings. The fourth-order valence-corrected chi connectivity index (χ4v) is 0.683. The number of rotatable bonds is 3. The van der Waals surface area contributed by atoms with Gasteiger partial charge in [0.15, 0.2) is 0 Å². The van der Waals surface area contributed by atoms with Crippen LogP contribution in [-0.2, 0) is 10.1 Å². The van der Waals surface area contributed by atoms with E-state index < -0.39 is 10.1 Å². The van der Waals surface area contributed by atoms with E-state index in [4.69, 9.17) is 0 Å². The summed E-state index contributed by atoms with van der Waals surface area (Å²) in [6.07, 6.45) is 1.64. The lowest BCUT2D eigenvalue weighted by molar-refractivity contribution is 0.463. The number of hydrogen-bond donors (Lipinski definition) is 0. The minimum Gasteiger partial charge on any atom is -0.748 e. The first-order valence-corrected chi connectivity index (χ1v) is 3.68. The van der Waals surface area contributed by atoms with E-state index in [1.165, 1.54) is 6.08 Å². The fraction of sp³-hybridized carbons (Fsp3) is 0.500.